The molecule has 0 heterocycles. The second-order valence-electron chi connectivity index (χ2n) is 5.47. The van der Waals surface area contributed by atoms with E-state index in [0.29, 0.717) is 12.0 Å². The zero-order valence-electron chi connectivity index (χ0n) is 12.9. The summed E-state index contributed by atoms with van der Waals surface area (Å²) in [5, 5.41) is 19.8. The van der Waals surface area contributed by atoms with Crippen LogP contribution >= 0.6 is 0 Å². The molecule has 0 saturated heterocycles. The molecule has 7 heteroatoms. The minimum absolute atomic E-state index is 0.302. The van der Waals surface area contributed by atoms with Crippen molar-refractivity contribution < 1.29 is 24.6 Å². The van der Waals surface area contributed by atoms with Crippen molar-refractivity contribution in [2.75, 3.05) is 6.54 Å². The predicted octanol–water partition coefficient (Wildman–Crippen LogP) is 2.09. The molecular weight excluding hydrogens is 302 g/mol. The Hall–Kier alpha value is -2.41. The maximum atomic E-state index is 11.0. The highest BCUT2D eigenvalue weighted by atomic mass is 28.3. The first kappa shape index (κ1) is 19.6. The average molecular weight is 323 g/mol. The van der Waals surface area contributed by atoms with E-state index in [0.717, 1.165) is 10.8 Å². The summed E-state index contributed by atoms with van der Waals surface area (Å²) in [7, 11) is -1.54. The Morgan fingerprint density at radius 3 is 2.00 bits per heavy atom. The van der Waals surface area contributed by atoms with Crippen LogP contribution in [-0.2, 0) is 9.59 Å². The van der Waals surface area contributed by atoms with Crippen LogP contribution in [-0.4, -0.2) is 43.2 Å². The molecule has 0 fully saturated rings. The van der Waals surface area contributed by atoms with E-state index >= 15 is 0 Å². The van der Waals surface area contributed by atoms with Crippen molar-refractivity contribution in [2.45, 2.75) is 19.6 Å². The number of carbonyl (C=O) groups is 3. The van der Waals surface area contributed by atoms with Crippen molar-refractivity contribution >= 4 is 31.6 Å². The first-order valence-electron chi connectivity index (χ1n) is 6.52. The van der Waals surface area contributed by atoms with Crippen LogP contribution in [0.5, 0.6) is 0 Å². The number of aliphatic carboxylic acids is 1. The molecule has 22 heavy (non-hydrogen) atoms. The molecular formula is C15H21NO5Si. The summed E-state index contributed by atoms with van der Waals surface area (Å²) in [6, 6.07) is 7.06. The first-order valence-corrected chi connectivity index (χ1v) is 10.0. The van der Waals surface area contributed by atoms with E-state index in [1.54, 1.807) is 12.1 Å². The summed E-state index contributed by atoms with van der Waals surface area (Å²) in [6.07, 6.45) is 0.341. The van der Waals surface area contributed by atoms with Gasteiger partial charge in [-0.2, -0.15) is 0 Å². The molecule has 0 spiro atoms. The van der Waals surface area contributed by atoms with E-state index in [-0.39, 0.29) is 6.54 Å². The first-order chi connectivity index (χ1) is 10.1. The van der Waals surface area contributed by atoms with Gasteiger partial charge < -0.3 is 15.5 Å². The van der Waals surface area contributed by atoms with E-state index in [4.69, 9.17) is 10.2 Å². The van der Waals surface area contributed by atoms with E-state index in [1.807, 2.05) is 17.4 Å². The topological polar surface area (TPSA) is 104 Å². The lowest BCUT2D eigenvalue weighted by Crippen LogP contribution is -2.23. The highest BCUT2D eigenvalue weighted by molar-refractivity contribution is 6.93. The van der Waals surface area contributed by atoms with E-state index in [9.17, 15) is 14.4 Å². The Balaban J connectivity index is 0.000000534. The normalized spacial score (nSPS) is 9.95. The van der Waals surface area contributed by atoms with Crippen molar-refractivity contribution in [1.82, 2.24) is 5.32 Å². The number of hydrogen-bond donors (Lipinski definition) is 3. The van der Waals surface area contributed by atoms with Crippen LogP contribution < -0.4 is 5.32 Å². The third-order valence-corrected chi connectivity index (χ3v) is 4.80. The zero-order valence-corrected chi connectivity index (χ0v) is 13.9. The third-order valence-electron chi connectivity index (χ3n) is 2.72. The Morgan fingerprint density at radius 1 is 1.18 bits per heavy atom. The van der Waals surface area contributed by atoms with Crippen LogP contribution in [0.15, 0.2) is 30.8 Å². The summed E-state index contributed by atoms with van der Waals surface area (Å²) >= 11 is 0. The summed E-state index contributed by atoms with van der Waals surface area (Å²) in [5.74, 6) is -1.92. The molecule has 1 aromatic rings. The van der Waals surface area contributed by atoms with Crippen LogP contribution in [0.3, 0.4) is 0 Å². The summed E-state index contributed by atoms with van der Waals surface area (Å²) < 4.78 is 0. The highest BCUT2D eigenvalue weighted by Gasteiger charge is 2.22. The Morgan fingerprint density at radius 2 is 1.68 bits per heavy atom. The third kappa shape index (κ3) is 6.85. The number of hydrogen-bond acceptors (Lipinski definition) is 3. The number of nitrogens with one attached hydrogen (secondary N) is 1. The number of rotatable bonds is 6. The van der Waals surface area contributed by atoms with Gasteiger partial charge in [0.05, 0.1) is 13.6 Å². The van der Waals surface area contributed by atoms with Crippen LogP contribution in [0.1, 0.15) is 15.9 Å². The number of carboxylic acid groups (broad SMARTS) is 2. The fourth-order valence-electron chi connectivity index (χ4n) is 1.47. The van der Waals surface area contributed by atoms with Crippen molar-refractivity contribution in [1.29, 1.82) is 0 Å². The monoisotopic (exact) mass is 323 g/mol. The average Bonchev–Trinajstić information content (AvgIpc) is 2.43. The maximum Gasteiger partial charge on any atom is 0.336 e. The molecule has 0 saturated carbocycles. The summed E-state index contributed by atoms with van der Waals surface area (Å²) in [4.78, 5) is 29.9. The molecule has 3 N–H and O–H groups in total. The van der Waals surface area contributed by atoms with E-state index < -0.39 is 20.0 Å². The second-order valence-corrected chi connectivity index (χ2v) is 10.6. The van der Waals surface area contributed by atoms with Gasteiger partial charge in [-0.25, -0.2) is 4.79 Å². The second kappa shape index (κ2) is 8.78. The quantitative estimate of drug-likeness (QED) is 0.549. The molecule has 0 unspecified atom stereocenters. The van der Waals surface area contributed by atoms with Crippen LogP contribution in [0.2, 0.25) is 19.6 Å². The van der Waals surface area contributed by atoms with Crippen LogP contribution in [0.4, 0.5) is 0 Å². The van der Waals surface area contributed by atoms with Gasteiger partial charge in [-0.3, -0.25) is 9.59 Å². The van der Waals surface area contributed by atoms with E-state index in [2.05, 4.69) is 26.2 Å². The molecule has 0 radical (unpaired) electrons. The van der Waals surface area contributed by atoms with Gasteiger partial charge in [-0.1, -0.05) is 49.6 Å². The van der Waals surface area contributed by atoms with Gasteiger partial charge in [-0.05, 0) is 11.6 Å². The van der Waals surface area contributed by atoms with Gasteiger partial charge in [0, 0.05) is 0 Å². The molecule has 0 aromatic heterocycles. The molecule has 0 aliphatic heterocycles. The standard InChI is InChI=1S/C12H16O2Si.C3H5NO3/c1-9(15(2,3)4)10-7-5-6-8-11(10)12(13)14;5-2-4-1-3(6)7/h5-8H,1H2,2-4H3,(H,13,14);2H,1H2,(H,4,5)(H,6,7). The fourth-order valence-corrected chi connectivity index (χ4v) is 2.49. The molecule has 1 aromatic carbocycles. The molecule has 6 nitrogen and oxygen atoms in total. The smallest absolute Gasteiger partial charge is 0.336 e. The minimum Gasteiger partial charge on any atom is -0.480 e. The minimum atomic E-state index is -1.54. The van der Waals surface area contributed by atoms with Crippen molar-refractivity contribution in [2.24, 2.45) is 0 Å². The lowest BCUT2D eigenvalue weighted by molar-refractivity contribution is -0.136. The van der Waals surface area contributed by atoms with Gasteiger partial charge in [0.2, 0.25) is 6.41 Å². The number of carboxylic acids is 2. The van der Waals surface area contributed by atoms with Gasteiger partial charge >= 0.3 is 11.9 Å². The van der Waals surface area contributed by atoms with E-state index in [1.165, 1.54) is 0 Å². The van der Waals surface area contributed by atoms with Crippen LogP contribution in [0.25, 0.3) is 5.20 Å². The van der Waals surface area contributed by atoms with Gasteiger partial charge in [0.1, 0.15) is 6.54 Å². The zero-order chi connectivity index (χ0) is 17.3. The van der Waals surface area contributed by atoms with Crippen molar-refractivity contribution in [3.8, 4) is 0 Å². The van der Waals surface area contributed by atoms with Gasteiger partial charge in [0.25, 0.3) is 0 Å². The maximum absolute atomic E-state index is 11.0. The largest absolute Gasteiger partial charge is 0.480 e. The number of aromatic carboxylic acids is 1. The molecule has 1 amide bonds. The predicted molar refractivity (Wildman–Crippen MR) is 87.5 cm³/mol. The number of amides is 1. The molecule has 0 aliphatic rings. The Kier molecular flexibility index (Phi) is 7.82. The molecule has 0 atom stereocenters. The number of carbonyl (C=O) groups excluding carboxylic acids is 1. The summed E-state index contributed by atoms with van der Waals surface area (Å²) in [6.45, 7) is 10.2. The van der Waals surface area contributed by atoms with Crippen LogP contribution in [0, 0.1) is 0 Å². The van der Waals surface area contributed by atoms with Gasteiger partial charge in [0.15, 0.2) is 0 Å². The molecule has 0 aliphatic carbocycles. The summed E-state index contributed by atoms with van der Waals surface area (Å²) in [5.41, 5.74) is 1.13. The lowest BCUT2D eigenvalue weighted by atomic mass is 10.1. The fraction of sp³-hybridized carbons (Fsp3) is 0.267. The lowest BCUT2D eigenvalue weighted by Gasteiger charge is -2.21. The molecule has 1 rings (SSSR count). The molecule has 0 bridgehead atoms. The molecule has 120 valence electrons. The van der Waals surface area contributed by atoms with Crippen molar-refractivity contribution in [3.63, 3.8) is 0 Å². The SMILES string of the molecule is C=C(c1ccccc1C(=O)O)[Si](C)(C)C.O=CNCC(=O)O. The highest BCUT2D eigenvalue weighted by Crippen LogP contribution is 2.26. The Bertz CT molecular complexity index is 563. The van der Waals surface area contributed by atoms with Crippen molar-refractivity contribution in [3.05, 3.63) is 42.0 Å². The Labute approximate surface area is 130 Å². The number of benzene rings is 1. The van der Waals surface area contributed by atoms with Gasteiger partial charge in [-0.15, -0.1) is 0 Å².